The lowest BCUT2D eigenvalue weighted by Gasteiger charge is -2.23. The highest BCUT2D eigenvalue weighted by Gasteiger charge is 2.20. The molecular weight excluding hydrogens is 230 g/mol. The van der Waals surface area contributed by atoms with E-state index in [2.05, 4.69) is 22.2 Å². The highest BCUT2D eigenvalue weighted by atomic mass is 16.2. The van der Waals surface area contributed by atoms with Gasteiger partial charge in [0.25, 0.3) is 5.91 Å². The van der Waals surface area contributed by atoms with Gasteiger partial charge in [-0.15, -0.1) is 0 Å². The Morgan fingerprint density at radius 3 is 2.78 bits per heavy atom. The first-order chi connectivity index (χ1) is 8.58. The maximum atomic E-state index is 11.9. The zero-order chi connectivity index (χ0) is 13.1. The van der Waals surface area contributed by atoms with E-state index in [9.17, 15) is 4.79 Å². The molecule has 0 aromatic carbocycles. The van der Waals surface area contributed by atoms with Crippen LogP contribution < -0.4 is 11.1 Å². The molecule has 2 heterocycles. The van der Waals surface area contributed by atoms with Crippen molar-refractivity contribution >= 4 is 11.6 Å². The maximum absolute atomic E-state index is 11.9. The topological polar surface area (TPSA) is 76.2 Å². The summed E-state index contributed by atoms with van der Waals surface area (Å²) in [5.41, 5.74) is 6.45. The third kappa shape index (κ3) is 2.81. The number of nitrogens with two attached hydrogens (primary N) is 1. The van der Waals surface area contributed by atoms with Crippen molar-refractivity contribution in [3.63, 3.8) is 0 Å². The van der Waals surface area contributed by atoms with Crippen LogP contribution in [0.3, 0.4) is 0 Å². The molecule has 3 N–H and O–H groups in total. The molecule has 0 bridgehead atoms. The third-order valence-corrected chi connectivity index (χ3v) is 3.39. The summed E-state index contributed by atoms with van der Waals surface area (Å²) in [6.45, 7) is 5.02. The summed E-state index contributed by atoms with van der Waals surface area (Å²) < 4.78 is 1.55. The molecule has 1 amide bonds. The molecule has 18 heavy (non-hydrogen) atoms. The molecule has 1 aromatic rings. The third-order valence-electron chi connectivity index (χ3n) is 3.39. The number of carbonyl (C=O) groups is 1. The van der Waals surface area contributed by atoms with Gasteiger partial charge in [0.05, 0.1) is 5.69 Å². The van der Waals surface area contributed by atoms with E-state index in [1.54, 1.807) is 17.9 Å². The Kier molecular flexibility index (Phi) is 3.86. The van der Waals surface area contributed by atoms with Crippen LogP contribution in [0.2, 0.25) is 0 Å². The number of likely N-dealkylation sites (tertiary alicyclic amines) is 1. The first-order valence-corrected chi connectivity index (χ1v) is 6.39. The van der Waals surface area contributed by atoms with E-state index in [-0.39, 0.29) is 5.91 Å². The number of carbonyl (C=O) groups excluding carboxylic acids is 1. The van der Waals surface area contributed by atoms with Gasteiger partial charge in [0.15, 0.2) is 5.69 Å². The first kappa shape index (κ1) is 12.9. The number of rotatable bonds is 4. The largest absolute Gasteiger partial charge is 0.396 e. The van der Waals surface area contributed by atoms with E-state index in [0.29, 0.717) is 24.0 Å². The van der Waals surface area contributed by atoms with Crippen molar-refractivity contribution in [2.75, 3.05) is 25.4 Å². The number of aromatic nitrogens is 2. The highest BCUT2D eigenvalue weighted by molar-refractivity contribution is 5.96. The zero-order valence-electron chi connectivity index (χ0n) is 11.0. The lowest BCUT2D eigenvalue weighted by molar-refractivity contribution is 0.0935. The van der Waals surface area contributed by atoms with Gasteiger partial charge in [-0.25, -0.2) is 0 Å². The summed E-state index contributed by atoms with van der Waals surface area (Å²) in [5, 5.41) is 6.94. The molecule has 0 aliphatic carbocycles. The van der Waals surface area contributed by atoms with Crippen LogP contribution in [0.5, 0.6) is 0 Å². The van der Waals surface area contributed by atoms with E-state index in [1.807, 2.05) is 0 Å². The van der Waals surface area contributed by atoms with Gasteiger partial charge in [0.1, 0.15) is 0 Å². The Labute approximate surface area is 107 Å². The minimum atomic E-state index is -0.195. The molecule has 6 heteroatoms. The fourth-order valence-corrected chi connectivity index (χ4v) is 2.32. The quantitative estimate of drug-likeness (QED) is 0.802. The summed E-state index contributed by atoms with van der Waals surface area (Å²) in [6.07, 6.45) is 4.15. The van der Waals surface area contributed by atoms with Gasteiger partial charge in [-0.3, -0.25) is 14.4 Å². The number of hydrogen-bond acceptors (Lipinski definition) is 4. The molecule has 1 aromatic heterocycles. The second-order valence-electron chi connectivity index (χ2n) is 4.91. The lowest BCUT2D eigenvalue weighted by Crippen LogP contribution is -2.40. The fraction of sp³-hybridized carbons (Fsp3) is 0.667. The van der Waals surface area contributed by atoms with Crippen molar-refractivity contribution in [2.24, 2.45) is 7.05 Å². The van der Waals surface area contributed by atoms with Gasteiger partial charge >= 0.3 is 0 Å². The molecule has 6 nitrogen and oxygen atoms in total. The number of anilines is 1. The molecule has 2 rings (SSSR count). The van der Waals surface area contributed by atoms with Gasteiger partial charge in [0, 0.05) is 25.8 Å². The van der Waals surface area contributed by atoms with Crippen LogP contribution >= 0.6 is 0 Å². The molecule has 1 saturated heterocycles. The van der Waals surface area contributed by atoms with E-state index < -0.39 is 0 Å². The summed E-state index contributed by atoms with van der Waals surface area (Å²) in [5.74, 6) is -0.195. The van der Waals surface area contributed by atoms with E-state index in [1.165, 1.54) is 12.8 Å². The molecular formula is C12H21N5O. The molecule has 1 aliphatic rings. The maximum Gasteiger partial charge on any atom is 0.273 e. The average Bonchev–Trinajstić information content (AvgIpc) is 2.95. The first-order valence-electron chi connectivity index (χ1n) is 6.39. The number of aryl methyl sites for hydroxylation is 1. The van der Waals surface area contributed by atoms with E-state index >= 15 is 0 Å². The number of amides is 1. The van der Waals surface area contributed by atoms with Crippen molar-refractivity contribution in [1.82, 2.24) is 20.0 Å². The van der Waals surface area contributed by atoms with E-state index in [0.717, 1.165) is 13.1 Å². The highest BCUT2D eigenvalue weighted by Crippen LogP contribution is 2.11. The Hall–Kier alpha value is -1.56. The van der Waals surface area contributed by atoms with Crippen LogP contribution in [0.15, 0.2) is 6.20 Å². The van der Waals surface area contributed by atoms with Gasteiger partial charge in [0.2, 0.25) is 0 Å². The fourth-order valence-electron chi connectivity index (χ4n) is 2.32. The van der Waals surface area contributed by atoms with Crippen molar-refractivity contribution in [1.29, 1.82) is 0 Å². The van der Waals surface area contributed by atoms with Crippen molar-refractivity contribution < 1.29 is 4.79 Å². The monoisotopic (exact) mass is 251 g/mol. The Balaban J connectivity index is 1.86. The molecule has 0 radical (unpaired) electrons. The van der Waals surface area contributed by atoms with Crippen LogP contribution in [-0.4, -0.2) is 46.3 Å². The number of nitrogen functional groups attached to an aromatic ring is 1. The lowest BCUT2D eigenvalue weighted by atomic mass is 10.3. The van der Waals surface area contributed by atoms with Crippen LogP contribution in [0, 0.1) is 0 Å². The Morgan fingerprint density at radius 2 is 2.22 bits per heavy atom. The van der Waals surface area contributed by atoms with E-state index in [4.69, 9.17) is 5.73 Å². The molecule has 1 aliphatic heterocycles. The van der Waals surface area contributed by atoms with Gasteiger partial charge in [-0.2, -0.15) is 5.10 Å². The standard InChI is InChI=1S/C12H21N5O/c1-9(17-5-3-4-6-17)7-14-12(18)11-10(13)8-16(2)15-11/h8-9H,3-7,13H2,1-2H3,(H,14,18). The molecule has 1 unspecified atom stereocenters. The van der Waals surface area contributed by atoms with Crippen LogP contribution in [0.25, 0.3) is 0 Å². The molecule has 0 spiro atoms. The minimum absolute atomic E-state index is 0.195. The summed E-state index contributed by atoms with van der Waals surface area (Å²) in [6, 6.07) is 0.362. The Morgan fingerprint density at radius 1 is 1.56 bits per heavy atom. The molecule has 1 atom stereocenters. The normalized spacial score (nSPS) is 17.9. The van der Waals surface area contributed by atoms with Crippen LogP contribution in [0.4, 0.5) is 5.69 Å². The second-order valence-corrected chi connectivity index (χ2v) is 4.91. The van der Waals surface area contributed by atoms with Gasteiger partial charge in [-0.1, -0.05) is 0 Å². The summed E-state index contributed by atoms with van der Waals surface area (Å²) in [7, 11) is 1.75. The minimum Gasteiger partial charge on any atom is -0.396 e. The number of nitrogens with zero attached hydrogens (tertiary/aromatic N) is 3. The SMILES string of the molecule is CC(CNC(=O)c1nn(C)cc1N)N1CCCC1. The van der Waals surface area contributed by atoms with Gasteiger partial charge < -0.3 is 11.1 Å². The Bertz CT molecular complexity index is 422. The van der Waals surface area contributed by atoms with Crippen LogP contribution in [0.1, 0.15) is 30.3 Å². The summed E-state index contributed by atoms with van der Waals surface area (Å²) >= 11 is 0. The van der Waals surface area contributed by atoms with Crippen molar-refractivity contribution in [2.45, 2.75) is 25.8 Å². The smallest absolute Gasteiger partial charge is 0.273 e. The summed E-state index contributed by atoms with van der Waals surface area (Å²) in [4.78, 5) is 14.3. The van der Waals surface area contributed by atoms with Crippen LogP contribution in [-0.2, 0) is 7.05 Å². The average molecular weight is 251 g/mol. The zero-order valence-corrected chi connectivity index (χ0v) is 11.0. The predicted octanol–water partition coefficient (Wildman–Crippen LogP) is 0.216. The predicted molar refractivity (Wildman–Crippen MR) is 70.2 cm³/mol. The number of nitrogens with one attached hydrogen (secondary N) is 1. The molecule has 0 saturated carbocycles. The number of hydrogen-bond donors (Lipinski definition) is 2. The van der Waals surface area contributed by atoms with Crippen molar-refractivity contribution in [3.8, 4) is 0 Å². The van der Waals surface area contributed by atoms with Crippen molar-refractivity contribution in [3.05, 3.63) is 11.9 Å². The molecule has 1 fully saturated rings. The second kappa shape index (κ2) is 5.39. The molecule has 100 valence electrons. The van der Waals surface area contributed by atoms with Gasteiger partial charge in [-0.05, 0) is 32.9 Å².